The number of nitrogens with zero attached hydrogens (tertiary/aromatic N) is 1. The van der Waals surface area contributed by atoms with Gasteiger partial charge in [-0.2, -0.15) is 0 Å². The standard InChI is InChI=1S/C17H21N3O4/c1-23-12-2-3-15-13(10-12)16(14(11-19-15)17(21)22)18-4-5-20-6-8-24-9-7-20/h2-3,10-11H,4-9H2,1H3,(H,18,19)(H,21,22)/p+1. The van der Waals surface area contributed by atoms with Gasteiger partial charge in [0.15, 0.2) is 0 Å². The molecule has 1 aromatic heterocycles. The van der Waals surface area contributed by atoms with E-state index in [1.54, 1.807) is 7.11 Å². The van der Waals surface area contributed by atoms with Crippen molar-refractivity contribution in [2.24, 2.45) is 0 Å². The monoisotopic (exact) mass is 332 g/mol. The first-order valence-corrected chi connectivity index (χ1v) is 8.04. The molecule has 0 aliphatic carbocycles. The minimum absolute atomic E-state index is 0.174. The highest BCUT2D eigenvalue weighted by Crippen LogP contribution is 2.29. The summed E-state index contributed by atoms with van der Waals surface area (Å²) in [5.41, 5.74) is 1.51. The summed E-state index contributed by atoms with van der Waals surface area (Å²) in [6, 6.07) is 5.47. The van der Waals surface area contributed by atoms with E-state index in [4.69, 9.17) is 9.47 Å². The highest BCUT2D eigenvalue weighted by Gasteiger charge is 2.17. The third kappa shape index (κ3) is 3.58. The number of quaternary nitrogens is 1. The second-order valence-electron chi connectivity index (χ2n) is 5.77. The fourth-order valence-corrected chi connectivity index (χ4v) is 2.93. The molecule has 3 N–H and O–H groups in total. The maximum Gasteiger partial charge on any atom is 0.339 e. The highest BCUT2D eigenvalue weighted by atomic mass is 16.5. The summed E-state index contributed by atoms with van der Waals surface area (Å²) in [4.78, 5) is 17.2. The molecule has 1 aliphatic heterocycles. The van der Waals surface area contributed by atoms with E-state index in [1.165, 1.54) is 11.1 Å². The quantitative estimate of drug-likeness (QED) is 0.704. The number of ether oxygens (including phenoxy) is 2. The molecule has 0 amide bonds. The lowest BCUT2D eigenvalue weighted by molar-refractivity contribution is -0.906. The van der Waals surface area contributed by atoms with Gasteiger partial charge in [-0.15, -0.1) is 0 Å². The lowest BCUT2D eigenvalue weighted by Crippen LogP contribution is -3.14. The molecule has 7 nitrogen and oxygen atoms in total. The third-order valence-electron chi connectivity index (χ3n) is 4.29. The molecule has 7 heteroatoms. The van der Waals surface area contributed by atoms with Gasteiger partial charge < -0.3 is 24.8 Å². The molecule has 0 bridgehead atoms. The average Bonchev–Trinajstić information content (AvgIpc) is 2.62. The van der Waals surface area contributed by atoms with Crippen molar-refractivity contribution >= 4 is 22.6 Å². The Morgan fingerprint density at radius 3 is 2.92 bits per heavy atom. The van der Waals surface area contributed by atoms with Gasteiger partial charge in [-0.25, -0.2) is 4.79 Å². The van der Waals surface area contributed by atoms with Crippen LogP contribution in [0.1, 0.15) is 10.4 Å². The number of carboxylic acids is 1. The summed E-state index contributed by atoms with van der Waals surface area (Å²) in [6.07, 6.45) is 1.40. The molecule has 0 spiro atoms. The molecule has 24 heavy (non-hydrogen) atoms. The Balaban J connectivity index is 1.85. The number of hydrogen-bond acceptors (Lipinski definition) is 5. The molecular weight excluding hydrogens is 310 g/mol. The Hall–Kier alpha value is -2.38. The van der Waals surface area contributed by atoms with E-state index < -0.39 is 5.97 Å². The van der Waals surface area contributed by atoms with Crippen molar-refractivity contribution in [2.75, 3.05) is 51.8 Å². The molecule has 0 saturated carbocycles. The molecule has 0 unspecified atom stereocenters. The zero-order valence-corrected chi connectivity index (χ0v) is 13.7. The molecule has 0 radical (unpaired) electrons. The van der Waals surface area contributed by atoms with Crippen LogP contribution in [-0.4, -0.2) is 62.6 Å². The molecule has 1 aliphatic rings. The van der Waals surface area contributed by atoms with Gasteiger partial charge in [0.05, 0.1) is 44.6 Å². The topological polar surface area (TPSA) is 85.1 Å². The number of anilines is 1. The Morgan fingerprint density at radius 2 is 2.21 bits per heavy atom. The zero-order chi connectivity index (χ0) is 16.9. The largest absolute Gasteiger partial charge is 0.497 e. The second kappa shape index (κ2) is 7.46. The van der Waals surface area contributed by atoms with E-state index in [0.29, 0.717) is 18.0 Å². The zero-order valence-electron chi connectivity index (χ0n) is 13.7. The lowest BCUT2D eigenvalue weighted by atomic mass is 10.1. The van der Waals surface area contributed by atoms with E-state index in [2.05, 4.69) is 10.3 Å². The summed E-state index contributed by atoms with van der Waals surface area (Å²) < 4.78 is 10.6. The Morgan fingerprint density at radius 1 is 1.42 bits per heavy atom. The molecular formula is C17H22N3O4+. The number of rotatable bonds is 6. The predicted octanol–water partition coefficient (Wildman–Crippen LogP) is 0.269. The van der Waals surface area contributed by atoms with E-state index in [0.717, 1.165) is 43.8 Å². The van der Waals surface area contributed by atoms with Crippen molar-refractivity contribution in [1.29, 1.82) is 0 Å². The first-order chi connectivity index (χ1) is 11.7. The van der Waals surface area contributed by atoms with Crippen LogP contribution in [-0.2, 0) is 4.74 Å². The smallest absolute Gasteiger partial charge is 0.339 e. The predicted molar refractivity (Wildman–Crippen MR) is 90.1 cm³/mol. The minimum Gasteiger partial charge on any atom is -0.497 e. The molecule has 128 valence electrons. The number of hydrogen-bond donors (Lipinski definition) is 3. The van der Waals surface area contributed by atoms with Crippen LogP contribution in [0.25, 0.3) is 10.9 Å². The number of nitrogens with one attached hydrogen (secondary N) is 2. The van der Waals surface area contributed by atoms with Gasteiger partial charge in [0.1, 0.15) is 24.4 Å². The number of fused-ring (bicyclic) bond motifs is 1. The van der Waals surface area contributed by atoms with Crippen LogP contribution in [0.2, 0.25) is 0 Å². The van der Waals surface area contributed by atoms with Gasteiger partial charge in [-0.3, -0.25) is 4.98 Å². The van der Waals surface area contributed by atoms with Gasteiger partial charge in [0.2, 0.25) is 0 Å². The van der Waals surface area contributed by atoms with Crippen molar-refractivity contribution in [2.45, 2.75) is 0 Å². The van der Waals surface area contributed by atoms with E-state index in [1.807, 2.05) is 18.2 Å². The van der Waals surface area contributed by atoms with Crippen LogP contribution in [0.3, 0.4) is 0 Å². The fraction of sp³-hybridized carbons (Fsp3) is 0.412. The molecule has 1 aromatic carbocycles. The molecule has 2 heterocycles. The number of carbonyl (C=O) groups is 1. The molecule has 2 aromatic rings. The normalized spacial score (nSPS) is 15.4. The maximum absolute atomic E-state index is 11.6. The number of aromatic nitrogens is 1. The highest BCUT2D eigenvalue weighted by molar-refractivity contribution is 6.04. The van der Waals surface area contributed by atoms with E-state index in [9.17, 15) is 9.90 Å². The Bertz CT molecular complexity index is 729. The molecule has 3 rings (SSSR count). The molecule has 1 saturated heterocycles. The summed E-state index contributed by atoms with van der Waals surface area (Å²) in [5, 5.41) is 13.5. The first kappa shape index (κ1) is 16.5. The summed E-state index contributed by atoms with van der Waals surface area (Å²) in [5.74, 6) is -0.317. The van der Waals surface area contributed by atoms with Crippen LogP contribution in [0.5, 0.6) is 5.75 Å². The number of morpholine rings is 1. The van der Waals surface area contributed by atoms with Crippen LogP contribution < -0.4 is 15.0 Å². The van der Waals surface area contributed by atoms with Gasteiger partial charge >= 0.3 is 5.97 Å². The van der Waals surface area contributed by atoms with Crippen molar-refractivity contribution in [3.8, 4) is 5.75 Å². The van der Waals surface area contributed by atoms with Gasteiger partial charge in [0.25, 0.3) is 0 Å². The van der Waals surface area contributed by atoms with E-state index >= 15 is 0 Å². The molecule has 0 atom stereocenters. The summed E-state index contributed by atoms with van der Waals surface area (Å²) in [6.45, 7) is 5.13. The summed E-state index contributed by atoms with van der Waals surface area (Å²) in [7, 11) is 1.59. The Labute approximate surface area is 140 Å². The SMILES string of the molecule is COc1ccc2ncc(C(=O)O)c(NCC[NH+]3CCOCC3)c2c1. The van der Waals surface area contributed by atoms with Crippen LogP contribution >= 0.6 is 0 Å². The van der Waals surface area contributed by atoms with Gasteiger partial charge in [0, 0.05) is 11.6 Å². The number of pyridine rings is 1. The van der Waals surface area contributed by atoms with Gasteiger partial charge in [-0.05, 0) is 18.2 Å². The second-order valence-corrected chi connectivity index (χ2v) is 5.77. The van der Waals surface area contributed by atoms with E-state index in [-0.39, 0.29) is 5.56 Å². The van der Waals surface area contributed by atoms with Gasteiger partial charge in [-0.1, -0.05) is 0 Å². The lowest BCUT2D eigenvalue weighted by Gasteiger charge is -2.24. The number of carboxylic acid groups (broad SMARTS) is 1. The number of methoxy groups -OCH3 is 1. The van der Waals surface area contributed by atoms with Crippen LogP contribution in [0, 0.1) is 0 Å². The average molecular weight is 332 g/mol. The maximum atomic E-state index is 11.6. The minimum atomic E-state index is -0.992. The first-order valence-electron chi connectivity index (χ1n) is 8.04. The number of aromatic carboxylic acids is 1. The fourth-order valence-electron chi connectivity index (χ4n) is 2.93. The number of benzene rings is 1. The third-order valence-corrected chi connectivity index (χ3v) is 4.29. The van der Waals surface area contributed by atoms with Crippen LogP contribution in [0.15, 0.2) is 24.4 Å². The van der Waals surface area contributed by atoms with Crippen molar-refractivity contribution < 1.29 is 24.3 Å². The van der Waals surface area contributed by atoms with Crippen molar-refractivity contribution in [3.05, 3.63) is 30.0 Å². The van der Waals surface area contributed by atoms with Crippen LogP contribution in [0.4, 0.5) is 5.69 Å². The van der Waals surface area contributed by atoms with Crippen molar-refractivity contribution in [3.63, 3.8) is 0 Å². The van der Waals surface area contributed by atoms with Crippen molar-refractivity contribution in [1.82, 2.24) is 4.98 Å². The summed E-state index contributed by atoms with van der Waals surface area (Å²) >= 11 is 0. The molecule has 1 fully saturated rings. The Kier molecular flexibility index (Phi) is 5.12.